The number of aryl methyl sites for hydroxylation is 1. The topological polar surface area (TPSA) is 36.9 Å². The Morgan fingerprint density at radius 2 is 1.50 bits per heavy atom. The van der Waals surface area contributed by atoms with Gasteiger partial charge in [-0.1, -0.05) is 29.8 Å². The average molecular weight is 353 g/mol. The summed E-state index contributed by atoms with van der Waals surface area (Å²) in [6.07, 6.45) is 6.07. The molecule has 0 unspecified atom stereocenters. The normalized spacial score (nSPS) is 21.8. The van der Waals surface area contributed by atoms with Gasteiger partial charge in [0.2, 0.25) is 0 Å². The molecule has 1 fully saturated rings. The molecule has 4 nitrogen and oxygen atoms in total. The summed E-state index contributed by atoms with van der Waals surface area (Å²) >= 11 is 0. The first-order valence-electron chi connectivity index (χ1n) is 8.96. The molecular formula is C19H32O4Si. The molecule has 136 valence electrons. The molecule has 0 amide bonds. The van der Waals surface area contributed by atoms with E-state index in [1.54, 1.807) is 21.3 Å². The average Bonchev–Trinajstić information content (AvgIpc) is 2.64. The van der Waals surface area contributed by atoms with Crippen LogP contribution in [-0.4, -0.2) is 42.8 Å². The highest BCUT2D eigenvalue weighted by Gasteiger charge is 2.37. The van der Waals surface area contributed by atoms with E-state index in [0.29, 0.717) is 12.0 Å². The van der Waals surface area contributed by atoms with Gasteiger partial charge >= 0.3 is 8.80 Å². The molecule has 0 aromatic heterocycles. The third-order valence-electron chi connectivity index (χ3n) is 5.14. The second kappa shape index (κ2) is 9.68. The highest BCUT2D eigenvalue weighted by atomic mass is 28.4. The Balaban J connectivity index is 1.67. The zero-order valence-electron chi connectivity index (χ0n) is 15.5. The molecule has 0 heterocycles. The predicted octanol–water partition coefficient (Wildman–Crippen LogP) is 4.31. The minimum Gasteiger partial charge on any atom is -0.378 e. The van der Waals surface area contributed by atoms with Crippen LogP contribution < -0.4 is 0 Å². The second-order valence-electron chi connectivity index (χ2n) is 6.65. The first-order chi connectivity index (χ1) is 11.6. The number of rotatable bonds is 9. The van der Waals surface area contributed by atoms with Gasteiger partial charge in [0.15, 0.2) is 0 Å². The summed E-state index contributed by atoms with van der Waals surface area (Å²) in [5.41, 5.74) is 2.81. The highest BCUT2D eigenvalue weighted by molar-refractivity contribution is 6.60. The van der Waals surface area contributed by atoms with Crippen LogP contribution in [0.15, 0.2) is 24.3 Å². The van der Waals surface area contributed by atoms with Crippen LogP contribution in [-0.2, 0) is 18.0 Å². The van der Waals surface area contributed by atoms with Crippen molar-refractivity contribution >= 4 is 8.80 Å². The van der Waals surface area contributed by atoms with Gasteiger partial charge in [-0.25, -0.2) is 0 Å². The van der Waals surface area contributed by atoms with E-state index in [0.717, 1.165) is 31.9 Å². The minimum absolute atomic E-state index is 0.399. The second-order valence-corrected chi connectivity index (χ2v) is 9.74. The van der Waals surface area contributed by atoms with Crippen LogP contribution in [0.3, 0.4) is 0 Å². The van der Waals surface area contributed by atoms with E-state index in [9.17, 15) is 0 Å². The lowest BCUT2D eigenvalue weighted by Gasteiger charge is -2.29. The molecule has 5 heteroatoms. The fraction of sp³-hybridized carbons (Fsp3) is 0.684. The minimum atomic E-state index is -2.44. The SMILES string of the molecule is CO[Si](CCCO[C@H]1CC[C@H](c2ccc(C)cc2)CC1)(OC)OC. The van der Waals surface area contributed by atoms with E-state index in [1.165, 1.54) is 24.0 Å². The molecule has 1 aromatic carbocycles. The van der Waals surface area contributed by atoms with Crippen molar-refractivity contribution < 1.29 is 18.0 Å². The third kappa shape index (κ3) is 5.39. The number of hydrogen-bond acceptors (Lipinski definition) is 4. The first kappa shape index (κ1) is 19.6. The Bertz CT molecular complexity index is 456. The fourth-order valence-corrected chi connectivity index (χ4v) is 5.19. The summed E-state index contributed by atoms with van der Waals surface area (Å²) in [6, 6.07) is 9.80. The van der Waals surface area contributed by atoms with E-state index in [2.05, 4.69) is 31.2 Å². The molecule has 0 saturated heterocycles. The Hall–Kier alpha value is -0.723. The van der Waals surface area contributed by atoms with E-state index in [4.69, 9.17) is 18.0 Å². The van der Waals surface area contributed by atoms with Crippen molar-refractivity contribution in [1.29, 1.82) is 0 Å². The molecule has 0 atom stereocenters. The van der Waals surface area contributed by atoms with E-state index in [1.807, 2.05) is 0 Å². The van der Waals surface area contributed by atoms with Crippen molar-refractivity contribution in [3.8, 4) is 0 Å². The van der Waals surface area contributed by atoms with Gasteiger partial charge in [0.1, 0.15) is 0 Å². The van der Waals surface area contributed by atoms with Gasteiger partial charge in [-0.3, -0.25) is 0 Å². The summed E-state index contributed by atoms with van der Waals surface area (Å²) in [4.78, 5) is 0. The van der Waals surface area contributed by atoms with Gasteiger partial charge < -0.3 is 18.0 Å². The zero-order chi connectivity index (χ0) is 17.4. The molecule has 24 heavy (non-hydrogen) atoms. The molecule has 0 aliphatic heterocycles. The number of benzene rings is 1. The molecule has 0 N–H and O–H groups in total. The summed E-state index contributed by atoms with van der Waals surface area (Å²) < 4.78 is 22.4. The van der Waals surface area contributed by atoms with Crippen LogP contribution in [0.1, 0.15) is 49.1 Å². The first-order valence-corrected chi connectivity index (χ1v) is 10.9. The van der Waals surface area contributed by atoms with E-state index < -0.39 is 8.80 Å². The quantitative estimate of drug-likeness (QED) is 0.490. The van der Waals surface area contributed by atoms with Crippen LogP contribution in [0.4, 0.5) is 0 Å². The van der Waals surface area contributed by atoms with Crippen molar-refractivity contribution in [2.75, 3.05) is 27.9 Å². The maximum Gasteiger partial charge on any atom is 0.500 e. The van der Waals surface area contributed by atoms with Crippen molar-refractivity contribution in [2.24, 2.45) is 0 Å². The summed E-state index contributed by atoms with van der Waals surface area (Å²) in [7, 11) is 2.53. The van der Waals surface area contributed by atoms with Gasteiger partial charge in [0, 0.05) is 34.0 Å². The molecule has 1 aliphatic carbocycles. The van der Waals surface area contributed by atoms with E-state index in [-0.39, 0.29) is 0 Å². The molecular weight excluding hydrogens is 320 g/mol. The summed E-state index contributed by atoms with van der Waals surface area (Å²) in [6.45, 7) is 2.90. The third-order valence-corrected chi connectivity index (χ3v) is 7.97. The Morgan fingerprint density at radius 1 is 0.917 bits per heavy atom. The van der Waals surface area contributed by atoms with Gasteiger partial charge in [0.05, 0.1) is 6.10 Å². The maximum atomic E-state index is 6.07. The lowest BCUT2D eigenvalue weighted by Crippen LogP contribution is -2.42. The molecule has 0 bridgehead atoms. The van der Waals surface area contributed by atoms with Gasteiger partial charge in [-0.2, -0.15) is 0 Å². The molecule has 1 aliphatic rings. The fourth-order valence-electron chi connectivity index (χ4n) is 3.50. The van der Waals surface area contributed by atoms with Crippen LogP contribution in [0.5, 0.6) is 0 Å². The Morgan fingerprint density at radius 3 is 2.04 bits per heavy atom. The summed E-state index contributed by atoms with van der Waals surface area (Å²) in [5, 5.41) is 0. The Kier molecular flexibility index (Phi) is 7.91. The lowest BCUT2D eigenvalue weighted by atomic mass is 9.82. The van der Waals surface area contributed by atoms with Gasteiger partial charge in [0.25, 0.3) is 0 Å². The van der Waals surface area contributed by atoms with Crippen molar-refractivity contribution in [2.45, 2.75) is 57.1 Å². The van der Waals surface area contributed by atoms with Crippen LogP contribution in [0.2, 0.25) is 6.04 Å². The maximum absolute atomic E-state index is 6.07. The van der Waals surface area contributed by atoms with Crippen molar-refractivity contribution in [3.05, 3.63) is 35.4 Å². The highest BCUT2D eigenvalue weighted by Crippen LogP contribution is 2.34. The summed E-state index contributed by atoms with van der Waals surface area (Å²) in [5.74, 6) is 0.695. The monoisotopic (exact) mass is 352 g/mol. The molecule has 1 saturated carbocycles. The number of hydrogen-bond donors (Lipinski definition) is 0. The molecule has 2 rings (SSSR count). The standard InChI is InChI=1S/C19H32O4Si/c1-16-6-8-17(9-7-16)18-10-12-19(13-11-18)23-14-5-15-24(20-2,21-3)22-4/h6-9,18-19H,5,10-15H2,1-4H3/t18-,19-. The zero-order valence-corrected chi connectivity index (χ0v) is 16.5. The van der Waals surface area contributed by atoms with Crippen LogP contribution >= 0.6 is 0 Å². The number of ether oxygens (including phenoxy) is 1. The molecule has 0 spiro atoms. The van der Waals surface area contributed by atoms with Gasteiger partial charge in [-0.05, 0) is 50.5 Å². The largest absolute Gasteiger partial charge is 0.500 e. The van der Waals surface area contributed by atoms with E-state index >= 15 is 0 Å². The lowest BCUT2D eigenvalue weighted by molar-refractivity contribution is 0.0225. The van der Waals surface area contributed by atoms with Crippen LogP contribution in [0, 0.1) is 6.92 Å². The Labute approximate surface area is 147 Å². The smallest absolute Gasteiger partial charge is 0.378 e. The van der Waals surface area contributed by atoms with Crippen molar-refractivity contribution in [3.63, 3.8) is 0 Å². The molecule has 1 aromatic rings. The van der Waals surface area contributed by atoms with Gasteiger partial charge in [-0.15, -0.1) is 0 Å². The van der Waals surface area contributed by atoms with Crippen molar-refractivity contribution in [1.82, 2.24) is 0 Å². The predicted molar refractivity (Wildman–Crippen MR) is 98.3 cm³/mol. The van der Waals surface area contributed by atoms with Crippen LogP contribution in [0.25, 0.3) is 0 Å². The molecule has 0 radical (unpaired) electrons.